The number of fused-ring (bicyclic) bond motifs is 1. The van der Waals surface area contributed by atoms with Crippen molar-refractivity contribution >= 4 is 17.0 Å². The minimum atomic E-state index is 0.0844. The molecule has 0 amide bonds. The van der Waals surface area contributed by atoms with Crippen LogP contribution < -0.4 is 5.73 Å². The van der Waals surface area contributed by atoms with Crippen LogP contribution in [-0.2, 0) is 0 Å². The summed E-state index contributed by atoms with van der Waals surface area (Å²) < 4.78 is 1.97. The molecule has 98 valence electrons. The average Bonchev–Trinajstić information content (AvgIpc) is 2.92. The molecule has 0 radical (unpaired) electrons. The van der Waals surface area contributed by atoms with E-state index in [1.54, 1.807) is 6.33 Å². The molecule has 0 spiro atoms. The van der Waals surface area contributed by atoms with Crippen LogP contribution in [0.5, 0.6) is 0 Å². The summed E-state index contributed by atoms with van der Waals surface area (Å²) in [5, 5.41) is 0. The second kappa shape index (κ2) is 4.67. The maximum absolute atomic E-state index is 5.80. The molecule has 0 saturated heterocycles. The highest BCUT2D eigenvalue weighted by molar-refractivity contribution is 5.81. The Morgan fingerprint density at radius 3 is 2.65 bits per heavy atom. The van der Waals surface area contributed by atoms with Gasteiger partial charge in [0.25, 0.3) is 0 Å². The van der Waals surface area contributed by atoms with Gasteiger partial charge in [-0.05, 0) is 24.6 Å². The van der Waals surface area contributed by atoms with Gasteiger partial charge < -0.3 is 10.3 Å². The molecule has 0 aliphatic carbocycles. The Kier molecular flexibility index (Phi) is 2.84. The zero-order valence-electron chi connectivity index (χ0n) is 11.0. The van der Waals surface area contributed by atoms with E-state index in [0.29, 0.717) is 11.3 Å². The molecule has 1 aromatic carbocycles. The lowest BCUT2D eigenvalue weighted by molar-refractivity contribution is 0.652. The number of nitrogens with two attached hydrogens (primary N) is 1. The third-order valence-electron chi connectivity index (χ3n) is 3.36. The summed E-state index contributed by atoms with van der Waals surface area (Å²) in [6.45, 7) is 2.07. The Morgan fingerprint density at radius 2 is 1.95 bits per heavy atom. The summed E-state index contributed by atoms with van der Waals surface area (Å²) in [4.78, 5) is 12.5. The van der Waals surface area contributed by atoms with Crippen LogP contribution in [0, 0.1) is 12.3 Å². The molecule has 0 bridgehead atoms. The van der Waals surface area contributed by atoms with Crippen LogP contribution in [-0.4, -0.2) is 19.5 Å². The third-order valence-corrected chi connectivity index (χ3v) is 3.36. The van der Waals surface area contributed by atoms with Crippen LogP contribution in [0.1, 0.15) is 24.1 Å². The van der Waals surface area contributed by atoms with Gasteiger partial charge in [0.1, 0.15) is 11.8 Å². The minimum absolute atomic E-state index is 0.0844. The number of terminal acetylenes is 1. The van der Waals surface area contributed by atoms with Crippen molar-refractivity contribution in [2.24, 2.45) is 0 Å². The van der Waals surface area contributed by atoms with E-state index >= 15 is 0 Å². The van der Waals surface area contributed by atoms with Crippen molar-refractivity contribution in [3.8, 4) is 12.3 Å². The maximum Gasteiger partial charge on any atom is 0.165 e. The largest absolute Gasteiger partial charge is 0.382 e. The molecule has 2 N–H and O–H groups in total. The van der Waals surface area contributed by atoms with Gasteiger partial charge in [0.05, 0.1) is 12.4 Å². The van der Waals surface area contributed by atoms with E-state index in [-0.39, 0.29) is 6.04 Å². The number of nitrogen functional groups attached to an aromatic ring is 1. The molecule has 1 atom stereocenters. The van der Waals surface area contributed by atoms with E-state index < -0.39 is 0 Å². The quantitative estimate of drug-likeness (QED) is 0.718. The fourth-order valence-electron chi connectivity index (χ4n) is 2.17. The number of rotatable bonds is 2. The van der Waals surface area contributed by atoms with E-state index in [0.717, 1.165) is 16.8 Å². The Hall–Kier alpha value is -2.87. The molecule has 0 saturated carbocycles. The van der Waals surface area contributed by atoms with E-state index in [4.69, 9.17) is 12.2 Å². The van der Waals surface area contributed by atoms with Crippen LogP contribution in [0.2, 0.25) is 0 Å². The number of aromatic nitrogens is 4. The summed E-state index contributed by atoms with van der Waals surface area (Å²) in [5.41, 5.74) is 9.14. The Bertz CT molecular complexity index is 795. The van der Waals surface area contributed by atoms with Crippen molar-refractivity contribution in [1.29, 1.82) is 0 Å². The van der Waals surface area contributed by atoms with Crippen molar-refractivity contribution in [3.63, 3.8) is 0 Å². The van der Waals surface area contributed by atoms with Gasteiger partial charge in [0, 0.05) is 5.56 Å². The van der Waals surface area contributed by atoms with Gasteiger partial charge in [-0.2, -0.15) is 0 Å². The predicted octanol–water partition coefficient (Wildman–Crippen LogP) is 2.00. The Balaban J connectivity index is 2.06. The van der Waals surface area contributed by atoms with E-state index in [1.807, 2.05) is 28.8 Å². The summed E-state index contributed by atoms with van der Waals surface area (Å²) in [5.74, 6) is 3.00. The van der Waals surface area contributed by atoms with Crippen molar-refractivity contribution < 1.29 is 0 Å². The lowest BCUT2D eigenvalue weighted by Crippen LogP contribution is -2.06. The molecule has 2 heterocycles. The predicted molar refractivity (Wildman–Crippen MR) is 77.9 cm³/mol. The zero-order valence-corrected chi connectivity index (χ0v) is 11.0. The van der Waals surface area contributed by atoms with Gasteiger partial charge in [-0.25, -0.2) is 15.0 Å². The molecule has 0 fully saturated rings. The second-order valence-electron chi connectivity index (χ2n) is 4.53. The molecular weight excluding hydrogens is 250 g/mol. The molecule has 0 aliphatic heterocycles. The van der Waals surface area contributed by atoms with E-state index in [2.05, 4.69) is 27.8 Å². The van der Waals surface area contributed by atoms with Crippen LogP contribution in [0.25, 0.3) is 11.2 Å². The van der Waals surface area contributed by atoms with Gasteiger partial charge >= 0.3 is 0 Å². The SMILES string of the molecule is C#Cc1ccc([C@@H](C)n2cnc3c(N)ncnc32)cc1. The molecule has 3 aromatic rings. The van der Waals surface area contributed by atoms with Crippen molar-refractivity contribution in [2.75, 3.05) is 5.73 Å². The fraction of sp³-hybridized carbons (Fsp3) is 0.133. The number of benzene rings is 1. The summed E-state index contributed by atoms with van der Waals surface area (Å²) >= 11 is 0. The normalized spacial score (nSPS) is 12.2. The lowest BCUT2D eigenvalue weighted by Gasteiger charge is -2.14. The van der Waals surface area contributed by atoms with Gasteiger partial charge in [0.15, 0.2) is 11.5 Å². The highest BCUT2D eigenvalue weighted by Crippen LogP contribution is 2.23. The molecule has 0 aliphatic rings. The third kappa shape index (κ3) is 1.88. The first-order valence-electron chi connectivity index (χ1n) is 6.20. The number of hydrogen-bond acceptors (Lipinski definition) is 4. The maximum atomic E-state index is 5.80. The summed E-state index contributed by atoms with van der Waals surface area (Å²) in [6.07, 6.45) is 8.55. The van der Waals surface area contributed by atoms with E-state index in [9.17, 15) is 0 Å². The van der Waals surface area contributed by atoms with Crippen molar-refractivity contribution in [3.05, 3.63) is 48.0 Å². The molecule has 20 heavy (non-hydrogen) atoms. The average molecular weight is 263 g/mol. The van der Waals surface area contributed by atoms with Crippen molar-refractivity contribution in [2.45, 2.75) is 13.0 Å². The first-order chi connectivity index (χ1) is 9.70. The molecular formula is C15H13N5. The monoisotopic (exact) mass is 263 g/mol. The van der Waals surface area contributed by atoms with Gasteiger partial charge in [-0.15, -0.1) is 6.42 Å². The number of hydrogen-bond donors (Lipinski definition) is 1. The fourth-order valence-corrected chi connectivity index (χ4v) is 2.17. The smallest absolute Gasteiger partial charge is 0.165 e. The van der Waals surface area contributed by atoms with Crippen molar-refractivity contribution in [1.82, 2.24) is 19.5 Å². The Morgan fingerprint density at radius 1 is 1.20 bits per heavy atom. The Labute approximate surface area is 116 Å². The number of nitrogens with zero attached hydrogens (tertiary/aromatic N) is 4. The molecule has 5 nitrogen and oxygen atoms in total. The minimum Gasteiger partial charge on any atom is -0.382 e. The summed E-state index contributed by atoms with van der Waals surface area (Å²) in [7, 11) is 0. The van der Waals surface area contributed by atoms with Gasteiger partial charge in [-0.1, -0.05) is 18.1 Å². The standard InChI is InChI=1S/C15H13N5/c1-3-11-4-6-12(7-5-11)10(2)20-9-19-13-14(16)17-8-18-15(13)20/h1,4-10H,2H3,(H2,16,17,18)/t10-/m1/s1. The van der Waals surface area contributed by atoms with E-state index in [1.165, 1.54) is 6.33 Å². The lowest BCUT2D eigenvalue weighted by atomic mass is 10.1. The molecule has 0 unspecified atom stereocenters. The van der Waals surface area contributed by atoms with Crippen LogP contribution in [0.3, 0.4) is 0 Å². The van der Waals surface area contributed by atoms with Gasteiger partial charge in [0.2, 0.25) is 0 Å². The highest BCUT2D eigenvalue weighted by atomic mass is 15.1. The first-order valence-corrected chi connectivity index (χ1v) is 6.20. The first kappa shape index (κ1) is 12.2. The number of anilines is 1. The van der Waals surface area contributed by atoms with Crippen LogP contribution >= 0.6 is 0 Å². The molecule has 5 heteroatoms. The second-order valence-corrected chi connectivity index (χ2v) is 4.53. The van der Waals surface area contributed by atoms with Crippen LogP contribution in [0.4, 0.5) is 5.82 Å². The number of imidazole rings is 1. The molecule has 2 aromatic heterocycles. The van der Waals surface area contributed by atoms with Gasteiger partial charge in [-0.3, -0.25) is 0 Å². The summed E-state index contributed by atoms with van der Waals surface area (Å²) in [6, 6.07) is 7.95. The topological polar surface area (TPSA) is 69.6 Å². The molecule has 3 rings (SSSR count). The zero-order chi connectivity index (χ0) is 14.1. The van der Waals surface area contributed by atoms with Crippen LogP contribution in [0.15, 0.2) is 36.9 Å². The highest BCUT2D eigenvalue weighted by Gasteiger charge is 2.14.